The van der Waals surface area contributed by atoms with Gasteiger partial charge in [-0.3, -0.25) is 9.88 Å². The first-order valence-corrected chi connectivity index (χ1v) is 7.10. The number of pyridine rings is 1. The molecular formula is C15H24N2O. The molecule has 18 heavy (non-hydrogen) atoms. The summed E-state index contributed by atoms with van der Waals surface area (Å²) in [7, 11) is 0. The molecule has 3 heteroatoms. The first-order chi connectivity index (χ1) is 8.70. The van der Waals surface area contributed by atoms with Crippen molar-refractivity contribution in [2.24, 2.45) is 0 Å². The van der Waals surface area contributed by atoms with Crippen LogP contribution < -0.4 is 0 Å². The molecule has 1 aliphatic heterocycles. The smallest absolute Gasteiger partial charge is 0.138 e. The van der Waals surface area contributed by atoms with Crippen LogP contribution >= 0.6 is 0 Å². The second kappa shape index (κ2) is 6.19. The number of hydrogen-bond acceptors (Lipinski definition) is 3. The molecule has 3 nitrogen and oxygen atoms in total. The number of hydrogen-bond donors (Lipinski definition) is 1. The van der Waals surface area contributed by atoms with Crippen molar-refractivity contribution in [2.75, 3.05) is 6.54 Å². The van der Waals surface area contributed by atoms with Crippen LogP contribution in [0.2, 0.25) is 0 Å². The molecule has 0 aliphatic carbocycles. The van der Waals surface area contributed by atoms with Gasteiger partial charge >= 0.3 is 0 Å². The largest absolute Gasteiger partial charge is 0.506 e. The van der Waals surface area contributed by atoms with Crippen molar-refractivity contribution < 1.29 is 5.11 Å². The molecule has 0 bridgehead atoms. The van der Waals surface area contributed by atoms with Gasteiger partial charge in [0.2, 0.25) is 0 Å². The number of nitrogens with zero attached hydrogens (tertiary/aromatic N) is 2. The summed E-state index contributed by atoms with van der Waals surface area (Å²) in [5.74, 6) is 0.335. The molecule has 0 radical (unpaired) electrons. The van der Waals surface area contributed by atoms with Crippen molar-refractivity contribution in [3.8, 4) is 5.75 Å². The topological polar surface area (TPSA) is 36.4 Å². The van der Waals surface area contributed by atoms with E-state index in [-0.39, 0.29) is 0 Å². The Labute approximate surface area is 110 Å². The molecule has 0 saturated carbocycles. The van der Waals surface area contributed by atoms with Gasteiger partial charge in [-0.15, -0.1) is 0 Å². The second-order valence-electron chi connectivity index (χ2n) is 5.33. The maximum atomic E-state index is 9.89. The van der Waals surface area contributed by atoms with Gasteiger partial charge in [0.15, 0.2) is 0 Å². The van der Waals surface area contributed by atoms with E-state index in [1.807, 2.05) is 13.0 Å². The Kier molecular flexibility index (Phi) is 4.59. The van der Waals surface area contributed by atoms with Crippen molar-refractivity contribution in [1.82, 2.24) is 9.88 Å². The van der Waals surface area contributed by atoms with Gasteiger partial charge in [-0.05, 0) is 44.9 Å². The van der Waals surface area contributed by atoms with Crippen molar-refractivity contribution in [2.45, 2.75) is 58.5 Å². The molecule has 1 N–H and O–H groups in total. The molecule has 1 unspecified atom stereocenters. The average molecular weight is 248 g/mol. The van der Waals surface area contributed by atoms with Gasteiger partial charge in [-0.25, -0.2) is 0 Å². The maximum absolute atomic E-state index is 9.89. The molecule has 0 spiro atoms. The highest BCUT2D eigenvalue weighted by Crippen LogP contribution is 2.25. The van der Waals surface area contributed by atoms with Crippen LogP contribution in [-0.2, 0) is 6.54 Å². The molecule has 1 aromatic heterocycles. The van der Waals surface area contributed by atoms with E-state index in [0.29, 0.717) is 11.8 Å². The fourth-order valence-electron chi connectivity index (χ4n) is 2.84. The molecule has 1 saturated heterocycles. The number of piperidine rings is 1. The number of aryl methyl sites for hydroxylation is 1. The second-order valence-corrected chi connectivity index (χ2v) is 5.33. The van der Waals surface area contributed by atoms with Crippen LogP contribution in [0.4, 0.5) is 0 Å². The lowest BCUT2D eigenvalue weighted by molar-refractivity contribution is 0.128. The fraction of sp³-hybridized carbons (Fsp3) is 0.667. The molecule has 100 valence electrons. The van der Waals surface area contributed by atoms with Gasteiger partial charge in [0, 0.05) is 18.3 Å². The monoisotopic (exact) mass is 248 g/mol. The summed E-state index contributed by atoms with van der Waals surface area (Å²) >= 11 is 0. The Bertz CT molecular complexity index is 390. The lowest BCUT2D eigenvalue weighted by atomic mass is 9.98. The maximum Gasteiger partial charge on any atom is 0.138 e. The Morgan fingerprint density at radius 3 is 3.00 bits per heavy atom. The van der Waals surface area contributed by atoms with Crippen LogP contribution in [0.15, 0.2) is 12.1 Å². The minimum atomic E-state index is 0.335. The molecular weight excluding hydrogens is 224 g/mol. The summed E-state index contributed by atoms with van der Waals surface area (Å²) in [6.07, 6.45) is 6.39. The minimum Gasteiger partial charge on any atom is -0.506 e. The zero-order chi connectivity index (χ0) is 13.0. The predicted molar refractivity (Wildman–Crippen MR) is 73.6 cm³/mol. The first kappa shape index (κ1) is 13.3. The molecule has 1 atom stereocenters. The molecule has 2 heterocycles. The molecule has 0 amide bonds. The molecule has 1 aliphatic rings. The van der Waals surface area contributed by atoms with Crippen molar-refractivity contribution >= 4 is 0 Å². The zero-order valence-corrected chi connectivity index (χ0v) is 11.5. The van der Waals surface area contributed by atoms with Gasteiger partial charge in [0.25, 0.3) is 0 Å². The van der Waals surface area contributed by atoms with E-state index >= 15 is 0 Å². The number of likely N-dealkylation sites (tertiary alicyclic amines) is 1. The summed E-state index contributed by atoms with van der Waals surface area (Å²) in [6, 6.07) is 4.29. The van der Waals surface area contributed by atoms with Crippen molar-refractivity contribution in [1.29, 1.82) is 0 Å². The highest BCUT2D eigenvalue weighted by atomic mass is 16.3. The summed E-state index contributed by atoms with van der Waals surface area (Å²) in [6.45, 7) is 6.15. The standard InChI is InChI=1S/C15H24N2O/c1-3-6-13-7-4-5-10-17(13)11-14-15(18)9-8-12(2)16-14/h8-9,13,18H,3-7,10-11H2,1-2H3. The fourth-order valence-corrected chi connectivity index (χ4v) is 2.84. The van der Waals surface area contributed by atoms with E-state index in [1.54, 1.807) is 6.07 Å². The Hall–Kier alpha value is -1.09. The molecule has 0 aromatic carbocycles. The summed E-state index contributed by atoms with van der Waals surface area (Å²) in [5, 5.41) is 9.89. The normalized spacial score (nSPS) is 21.1. The average Bonchev–Trinajstić information content (AvgIpc) is 2.36. The Balaban J connectivity index is 2.08. The van der Waals surface area contributed by atoms with E-state index in [0.717, 1.165) is 24.5 Å². The zero-order valence-electron chi connectivity index (χ0n) is 11.5. The summed E-state index contributed by atoms with van der Waals surface area (Å²) < 4.78 is 0. The lowest BCUT2D eigenvalue weighted by Gasteiger charge is -2.35. The van der Waals surface area contributed by atoms with Crippen LogP contribution in [0, 0.1) is 6.92 Å². The van der Waals surface area contributed by atoms with Gasteiger partial charge in [-0.2, -0.15) is 0 Å². The minimum absolute atomic E-state index is 0.335. The van der Waals surface area contributed by atoms with Gasteiger partial charge in [0.05, 0.1) is 5.69 Å². The first-order valence-electron chi connectivity index (χ1n) is 7.10. The van der Waals surface area contributed by atoms with E-state index in [2.05, 4.69) is 16.8 Å². The predicted octanol–water partition coefficient (Wildman–Crippen LogP) is 3.25. The number of aromatic nitrogens is 1. The van der Waals surface area contributed by atoms with Crippen molar-refractivity contribution in [3.63, 3.8) is 0 Å². The van der Waals surface area contributed by atoms with Gasteiger partial charge in [-0.1, -0.05) is 19.8 Å². The SMILES string of the molecule is CCCC1CCCCN1Cc1nc(C)ccc1O. The van der Waals surface area contributed by atoms with Crippen LogP contribution in [0.5, 0.6) is 5.75 Å². The van der Waals surface area contributed by atoms with Crippen LogP contribution in [0.25, 0.3) is 0 Å². The Morgan fingerprint density at radius 2 is 2.22 bits per heavy atom. The van der Waals surface area contributed by atoms with Crippen LogP contribution in [0.3, 0.4) is 0 Å². The van der Waals surface area contributed by atoms with Crippen molar-refractivity contribution in [3.05, 3.63) is 23.5 Å². The summed E-state index contributed by atoms with van der Waals surface area (Å²) in [4.78, 5) is 6.96. The van der Waals surface area contributed by atoms with Crippen LogP contribution in [-0.4, -0.2) is 27.6 Å². The number of rotatable bonds is 4. The van der Waals surface area contributed by atoms with Gasteiger partial charge < -0.3 is 5.11 Å². The third-order valence-corrected chi connectivity index (χ3v) is 3.81. The van der Waals surface area contributed by atoms with E-state index < -0.39 is 0 Å². The lowest BCUT2D eigenvalue weighted by Crippen LogP contribution is -2.39. The molecule has 1 fully saturated rings. The molecule has 2 rings (SSSR count). The van der Waals surface area contributed by atoms with E-state index in [4.69, 9.17) is 0 Å². The number of aromatic hydroxyl groups is 1. The van der Waals surface area contributed by atoms with E-state index in [9.17, 15) is 5.11 Å². The van der Waals surface area contributed by atoms with Gasteiger partial charge in [0.1, 0.15) is 5.75 Å². The molecule has 1 aromatic rings. The highest BCUT2D eigenvalue weighted by molar-refractivity contribution is 5.27. The highest BCUT2D eigenvalue weighted by Gasteiger charge is 2.22. The van der Waals surface area contributed by atoms with E-state index in [1.165, 1.54) is 32.1 Å². The quantitative estimate of drug-likeness (QED) is 0.888. The summed E-state index contributed by atoms with van der Waals surface area (Å²) in [5.41, 5.74) is 1.81. The third kappa shape index (κ3) is 3.22. The van der Waals surface area contributed by atoms with Crippen LogP contribution in [0.1, 0.15) is 50.4 Å². The Morgan fingerprint density at radius 1 is 1.39 bits per heavy atom. The third-order valence-electron chi connectivity index (χ3n) is 3.81.